The van der Waals surface area contributed by atoms with Gasteiger partial charge in [-0.15, -0.1) is 0 Å². The van der Waals surface area contributed by atoms with Crippen LogP contribution in [0.3, 0.4) is 0 Å². The number of fused-ring (bicyclic) bond motifs is 5. The Morgan fingerprint density at radius 2 is 1.19 bits per heavy atom. The Labute approximate surface area is 114 Å². The van der Waals surface area contributed by atoms with Gasteiger partial charge in [0.15, 0.2) is 0 Å². The molecule has 86 valence electrons. The van der Waals surface area contributed by atoms with Crippen LogP contribution in [0.4, 0.5) is 0 Å². The zero-order valence-electron chi connectivity index (χ0n) is 8.53. The monoisotopic (exact) mass is 295 g/mol. The van der Waals surface area contributed by atoms with Crippen LogP contribution >= 0.6 is 46.4 Å². The second-order valence-electron chi connectivity index (χ2n) is 4.36. The van der Waals surface area contributed by atoms with E-state index in [1.807, 2.05) is 0 Å². The minimum absolute atomic E-state index is 0.347. The maximum absolute atomic E-state index is 6.27. The fraction of sp³-hybridized carbons (Fsp3) is 0.455. The van der Waals surface area contributed by atoms with Crippen molar-refractivity contribution < 1.29 is 0 Å². The SMILES string of the molecule is CN1C2CCC1c1c(Cl)c(Cl)c(Cl)c(Cl)c12. The van der Waals surface area contributed by atoms with Crippen LogP contribution in [0.1, 0.15) is 36.1 Å². The van der Waals surface area contributed by atoms with Crippen molar-refractivity contribution in [1.82, 2.24) is 4.90 Å². The third kappa shape index (κ3) is 1.24. The van der Waals surface area contributed by atoms with E-state index in [4.69, 9.17) is 46.4 Å². The summed E-state index contributed by atoms with van der Waals surface area (Å²) in [5, 5.41) is 1.91. The molecule has 1 aromatic carbocycles. The molecule has 16 heavy (non-hydrogen) atoms. The maximum atomic E-state index is 6.27. The summed E-state index contributed by atoms with van der Waals surface area (Å²) in [5.41, 5.74) is 2.17. The molecule has 0 N–H and O–H groups in total. The molecule has 0 radical (unpaired) electrons. The summed E-state index contributed by atoms with van der Waals surface area (Å²) in [4.78, 5) is 2.30. The van der Waals surface area contributed by atoms with Crippen LogP contribution in [-0.2, 0) is 0 Å². The highest BCUT2D eigenvalue weighted by atomic mass is 35.5. The highest BCUT2D eigenvalue weighted by Gasteiger charge is 2.45. The van der Waals surface area contributed by atoms with E-state index < -0.39 is 0 Å². The summed E-state index contributed by atoms with van der Waals surface area (Å²) in [6, 6.07) is 0.694. The van der Waals surface area contributed by atoms with E-state index in [-0.39, 0.29) is 0 Å². The molecular weight excluding hydrogens is 288 g/mol. The largest absolute Gasteiger partial charge is 0.292 e. The van der Waals surface area contributed by atoms with Gasteiger partial charge in [-0.05, 0) is 31.0 Å². The van der Waals surface area contributed by atoms with Gasteiger partial charge < -0.3 is 0 Å². The molecule has 1 fully saturated rings. The number of halogens is 4. The summed E-state index contributed by atoms with van der Waals surface area (Å²) >= 11 is 24.7. The molecule has 5 heteroatoms. The number of rotatable bonds is 0. The van der Waals surface area contributed by atoms with Crippen molar-refractivity contribution in [3.63, 3.8) is 0 Å². The van der Waals surface area contributed by atoms with Crippen LogP contribution in [0.25, 0.3) is 0 Å². The van der Waals surface area contributed by atoms with Crippen molar-refractivity contribution >= 4 is 46.4 Å². The maximum Gasteiger partial charge on any atom is 0.0797 e. The van der Waals surface area contributed by atoms with Gasteiger partial charge in [-0.1, -0.05) is 46.4 Å². The lowest BCUT2D eigenvalue weighted by Crippen LogP contribution is -2.12. The first kappa shape index (κ1) is 11.4. The first-order valence-electron chi connectivity index (χ1n) is 5.11. The van der Waals surface area contributed by atoms with Crippen molar-refractivity contribution in [3.05, 3.63) is 31.2 Å². The van der Waals surface area contributed by atoms with Crippen molar-refractivity contribution in [2.45, 2.75) is 24.9 Å². The summed E-state index contributed by atoms with van der Waals surface area (Å²) in [6.45, 7) is 0. The minimum atomic E-state index is 0.347. The van der Waals surface area contributed by atoms with Gasteiger partial charge >= 0.3 is 0 Å². The van der Waals surface area contributed by atoms with E-state index in [0.717, 1.165) is 24.0 Å². The normalized spacial score (nSPS) is 27.6. The minimum Gasteiger partial charge on any atom is -0.292 e. The second kappa shape index (κ2) is 3.66. The van der Waals surface area contributed by atoms with E-state index in [1.165, 1.54) is 0 Å². The first-order valence-corrected chi connectivity index (χ1v) is 6.63. The van der Waals surface area contributed by atoms with Crippen molar-refractivity contribution in [1.29, 1.82) is 0 Å². The van der Waals surface area contributed by atoms with Gasteiger partial charge in [-0.2, -0.15) is 0 Å². The van der Waals surface area contributed by atoms with Crippen LogP contribution < -0.4 is 0 Å². The van der Waals surface area contributed by atoms with E-state index >= 15 is 0 Å². The molecule has 1 nitrogen and oxygen atoms in total. The standard InChI is InChI=1S/C11H9Cl4N/c1-16-4-2-3-5(16)7-6(4)8(12)10(14)11(15)9(7)13/h4-5H,2-3H2,1H3. The van der Waals surface area contributed by atoms with Gasteiger partial charge in [-0.25, -0.2) is 0 Å². The van der Waals surface area contributed by atoms with Crippen LogP contribution in [0.5, 0.6) is 0 Å². The Balaban J connectivity index is 2.35. The Bertz CT molecular complexity index is 443. The molecule has 2 unspecified atom stereocenters. The highest BCUT2D eigenvalue weighted by molar-refractivity contribution is 6.52. The Hall–Kier alpha value is 0.340. The third-order valence-corrected chi connectivity index (χ3v) is 5.54. The van der Waals surface area contributed by atoms with E-state index in [2.05, 4.69) is 11.9 Å². The lowest BCUT2D eigenvalue weighted by atomic mass is 9.91. The quantitative estimate of drug-likeness (QED) is 0.474. The van der Waals surface area contributed by atoms with Crippen LogP contribution in [-0.4, -0.2) is 11.9 Å². The lowest BCUT2D eigenvalue weighted by Gasteiger charge is -2.18. The topological polar surface area (TPSA) is 3.24 Å². The highest BCUT2D eigenvalue weighted by Crippen LogP contribution is 2.59. The molecule has 2 bridgehead atoms. The molecule has 3 rings (SSSR count). The molecule has 1 saturated heterocycles. The molecule has 2 aliphatic rings. The predicted molar refractivity (Wildman–Crippen MR) is 69.0 cm³/mol. The molecule has 2 aliphatic heterocycles. The fourth-order valence-electron chi connectivity index (χ4n) is 2.95. The molecule has 0 amide bonds. The van der Waals surface area contributed by atoms with Gasteiger partial charge in [0.1, 0.15) is 0 Å². The Morgan fingerprint density at radius 3 is 1.56 bits per heavy atom. The zero-order valence-corrected chi connectivity index (χ0v) is 11.6. The van der Waals surface area contributed by atoms with Gasteiger partial charge in [0.25, 0.3) is 0 Å². The molecule has 0 saturated carbocycles. The first-order chi connectivity index (χ1) is 7.54. The smallest absolute Gasteiger partial charge is 0.0797 e. The average Bonchev–Trinajstić information content (AvgIpc) is 2.77. The van der Waals surface area contributed by atoms with Crippen LogP contribution in [0, 0.1) is 0 Å². The predicted octanol–water partition coefficient (Wildman–Crippen LogP) is 5.12. The number of benzene rings is 1. The molecule has 1 aromatic rings. The number of hydrogen-bond acceptors (Lipinski definition) is 1. The molecular formula is C11H9Cl4N. The van der Waals surface area contributed by atoms with E-state index in [1.54, 1.807) is 0 Å². The van der Waals surface area contributed by atoms with Crippen molar-refractivity contribution in [2.75, 3.05) is 7.05 Å². The molecule has 0 aliphatic carbocycles. The molecule has 0 spiro atoms. The van der Waals surface area contributed by atoms with Gasteiger partial charge in [-0.3, -0.25) is 4.90 Å². The van der Waals surface area contributed by atoms with E-state index in [0.29, 0.717) is 32.2 Å². The average molecular weight is 297 g/mol. The third-order valence-electron chi connectivity index (χ3n) is 3.70. The summed E-state index contributed by atoms with van der Waals surface area (Å²) in [6.07, 6.45) is 2.23. The van der Waals surface area contributed by atoms with E-state index in [9.17, 15) is 0 Å². The molecule has 0 aromatic heterocycles. The fourth-order valence-corrected chi connectivity index (χ4v) is 4.09. The van der Waals surface area contributed by atoms with Gasteiger partial charge in [0.05, 0.1) is 20.1 Å². The van der Waals surface area contributed by atoms with Crippen LogP contribution in [0.2, 0.25) is 20.1 Å². The van der Waals surface area contributed by atoms with Crippen molar-refractivity contribution in [2.24, 2.45) is 0 Å². The summed E-state index contributed by atoms with van der Waals surface area (Å²) in [7, 11) is 2.09. The lowest BCUT2D eigenvalue weighted by molar-refractivity contribution is 0.280. The Kier molecular flexibility index (Phi) is 2.62. The van der Waals surface area contributed by atoms with Gasteiger partial charge in [0.2, 0.25) is 0 Å². The zero-order chi connectivity index (χ0) is 11.6. The molecule has 2 heterocycles. The second-order valence-corrected chi connectivity index (χ2v) is 5.87. The number of nitrogens with zero attached hydrogens (tertiary/aromatic N) is 1. The Morgan fingerprint density at radius 1 is 0.812 bits per heavy atom. The molecule has 2 atom stereocenters. The summed E-state index contributed by atoms with van der Waals surface area (Å²) < 4.78 is 0. The summed E-state index contributed by atoms with van der Waals surface area (Å²) in [5.74, 6) is 0. The van der Waals surface area contributed by atoms with Gasteiger partial charge in [0, 0.05) is 12.1 Å². The number of hydrogen-bond donors (Lipinski definition) is 0. The van der Waals surface area contributed by atoms with Crippen molar-refractivity contribution in [3.8, 4) is 0 Å². The van der Waals surface area contributed by atoms with Crippen LogP contribution in [0.15, 0.2) is 0 Å².